The van der Waals surface area contributed by atoms with E-state index in [2.05, 4.69) is 4.99 Å². The second kappa shape index (κ2) is 11.6. The van der Waals surface area contributed by atoms with E-state index in [4.69, 9.17) is 5.41 Å². The Morgan fingerprint density at radius 2 is 1.69 bits per heavy atom. The smallest absolute Gasteiger partial charge is 0.107 e. The van der Waals surface area contributed by atoms with Crippen LogP contribution in [0.2, 0.25) is 0 Å². The van der Waals surface area contributed by atoms with E-state index in [-0.39, 0.29) is 0 Å². The topological polar surface area (TPSA) is 36.2 Å². The molecule has 0 fully saturated rings. The standard InChI is InChI=1S/C10H12N2.2C2H6/c1-3-9-5-4-8(2)6-10(9)12-7-11;2*1-2/h3-7,11H,1-2H3;2*1-2H3/b9-3-,11-7?,12-10?;;. The summed E-state index contributed by atoms with van der Waals surface area (Å²) in [4.78, 5) is 3.95. The lowest BCUT2D eigenvalue weighted by Gasteiger charge is -2.06. The molecule has 0 amide bonds. The van der Waals surface area contributed by atoms with Gasteiger partial charge in [0.1, 0.15) is 6.34 Å². The molecule has 16 heavy (non-hydrogen) atoms. The molecule has 1 aliphatic carbocycles. The van der Waals surface area contributed by atoms with Gasteiger partial charge in [0.25, 0.3) is 0 Å². The lowest BCUT2D eigenvalue weighted by Crippen LogP contribution is -2.01. The summed E-state index contributed by atoms with van der Waals surface area (Å²) in [5, 5.41) is 6.88. The first-order valence-corrected chi connectivity index (χ1v) is 5.87. The highest BCUT2D eigenvalue weighted by Crippen LogP contribution is 2.12. The van der Waals surface area contributed by atoms with Gasteiger partial charge in [-0.05, 0) is 31.1 Å². The van der Waals surface area contributed by atoms with Crippen LogP contribution >= 0.6 is 0 Å². The maximum Gasteiger partial charge on any atom is 0.107 e. The lowest BCUT2D eigenvalue weighted by atomic mass is 10.0. The monoisotopic (exact) mass is 220 g/mol. The number of nitrogens with zero attached hydrogens (tertiary/aromatic N) is 1. The van der Waals surface area contributed by atoms with Crippen LogP contribution in [-0.4, -0.2) is 12.1 Å². The predicted octanol–water partition coefficient (Wildman–Crippen LogP) is 4.55. The van der Waals surface area contributed by atoms with Crippen LogP contribution < -0.4 is 0 Å². The number of nitrogens with one attached hydrogen (secondary N) is 1. The maximum absolute atomic E-state index is 6.88. The van der Waals surface area contributed by atoms with Gasteiger partial charge in [-0.2, -0.15) is 0 Å². The Hall–Kier alpha value is -1.44. The van der Waals surface area contributed by atoms with Gasteiger partial charge in [-0.1, -0.05) is 45.9 Å². The van der Waals surface area contributed by atoms with Gasteiger partial charge in [-0.25, -0.2) is 4.99 Å². The molecule has 0 unspecified atom stereocenters. The molecule has 0 aromatic rings. The molecule has 90 valence electrons. The van der Waals surface area contributed by atoms with Gasteiger partial charge >= 0.3 is 0 Å². The van der Waals surface area contributed by atoms with Gasteiger partial charge in [-0.3, -0.25) is 5.41 Å². The summed E-state index contributed by atoms with van der Waals surface area (Å²) >= 11 is 0. The number of allylic oxidation sites excluding steroid dienone is 6. The maximum atomic E-state index is 6.88. The van der Waals surface area contributed by atoms with Gasteiger partial charge in [0.2, 0.25) is 0 Å². The highest BCUT2D eigenvalue weighted by molar-refractivity contribution is 6.14. The van der Waals surface area contributed by atoms with E-state index >= 15 is 0 Å². The molecule has 1 N–H and O–H groups in total. The Balaban J connectivity index is 0. The number of hydrogen-bond donors (Lipinski definition) is 1. The first-order chi connectivity index (χ1) is 7.77. The highest BCUT2D eigenvalue weighted by atomic mass is 14.8. The van der Waals surface area contributed by atoms with Crippen molar-refractivity contribution in [3.05, 3.63) is 35.5 Å². The van der Waals surface area contributed by atoms with Crippen LogP contribution in [-0.2, 0) is 0 Å². The van der Waals surface area contributed by atoms with Gasteiger partial charge in [0.05, 0.1) is 5.71 Å². The van der Waals surface area contributed by atoms with E-state index in [0.29, 0.717) is 0 Å². The van der Waals surface area contributed by atoms with E-state index in [1.54, 1.807) is 0 Å². The van der Waals surface area contributed by atoms with Crippen LogP contribution in [0.15, 0.2) is 40.4 Å². The summed E-state index contributed by atoms with van der Waals surface area (Å²) in [7, 11) is 0. The molecule has 0 heterocycles. The summed E-state index contributed by atoms with van der Waals surface area (Å²) < 4.78 is 0. The summed E-state index contributed by atoms with van der Waals surface area (Å²) in [6.07, 6.45) is 9.08. The summed E-state index contributed by atoms with van der Waals surface area (Å²) in [6, 6.07) is 0. The molecule has 0 bridgehead atoms. The molecule has 0 saturated heterocycles. The molecule has 0 atom stereocenters. The number of rotatable bonds is 1. The second-order valence-electron chi connectivity index (χ2n) is 2.61. The van der Waals surface area contributed by atoms with Crippen LogP contribution in [0.5, 0.6) is 0 Å². The third kappa shape index (κ3) is 6.12. The Morgan fingerprint density at radius 3 is 2.12 bits per heavy atom. The molecule has 2 nitrogen and oxygen atoms in total. The zero-order valence-electron chi connectivity index (χ0n) is 11.3. The molecular weight excluding hydrogens is 196 g/mol. The normalized spacial score (nSPS) is 18.0. The van der Waals surface area contributed by atoms with E-state index in [9.17, 15) is 0 Å². The van der Waals surface area contributed by atoms with Gasteiger partial charge < -0.3 is 0 Å². The van der Waals surface area contributed by atoms with Crippen molar-refractivity contribution in [2.24, 2.45) is 4.99 Å². The third-order valence-electron chi connectivity index (χ3n) is 1.70. The fourth-order valence-electron chi connectivity index (χ4n) is 1.08. The molecule has 0 radical (unpaired) electrons. The van der Waals surface area contributed by atoms with Crippen molar-refractivity contribution in [3.8, 4) is 0 Å². The lowest BCUT2D eigenvalue weighted by molar-refractivity contribution is 1.46. The molecule has 0 aliphatic heterocycles. The number of hydrogen-bond acceptors (Lipinski definition) is 1. The van der Waals surface area contributed by atoms with E-state index in [1.807, 2.05) is 65.8 Å². The average Bonchev–Trinajstić information content (AvgIpc) is 2.35. The van der Waals surface area contributed by atoms with Crippen LogP contribution in [0.25, 0.3) is 0 Å². The minimum Gasteiger partial charge on any atom is -0.290 e. The van der Waals surface area contributed by atoms with Crippen LogP contribution in [0, 0.1) is 5.41 Å². The molecule has 1 rings (SSSR count). The molecule has 1 aliphatic rings. The zero-order valence-corrected chi connectivity index (χ0v) is 11.3. The van der Waals surface area contributed by atoms with E-state index in [0.717, 1.165) is 17.6 Å². The van der Waals surface area contributed by atoms with Crippen molar-refractivity contribution < 1.29 is 0 Å². The molecule has 0 aromatic carbocycles. The van der Waals surface area contributed by atoms with Crippen LogP contribution in [0.3, 0.4) is 0 Å². The molecule has 0 saturated carbocycles. The van der Waals surface area contributed by atoms with Crippen molar-refractivity contribution in [1.29, 1.82) is 5.41 Å². The van der Waals surface area contributed by atoms with E-state index < -0.39 is 0 Å². The first kappa shape index (κ1) is 17.0. The Morgan fingerprint density at radius 1 is 1.12 bits per heavy atom. The van der Waals surface area contributed by atoms with Crippen molar-refractivity contribution in [1.82, 2.24) is 0 Å². The fraction of sp³-hybridized carbons (Fsp3) is 0.429. The van der Waals surface area contributed by atoms with Gasteiger partial charge in [0, 0.05) is 0 Å². The Bertz CT molecular complexity index is 305. The van der Waals surface area contributed by atoms with Crippen LogP contribution in [0.1, 0.15) is 41.5 Å². The minimum atomic E-state index is 0.868. The molecular formula is C14H24N2. The Labute approximate surface area is 100 Å². The first-order valence-electron chi connectivity index (χ1n) is 5.87. The predicted molar refractivity (Wildman–Crippen MR) is 75.6 cm³/mol. The molecule has 0 spiro atoms. The minimum absolute atomic E-state index is 0.868. The SMILES string of the molecule is C/C=C1/C=CC(C)=CC1=NC=N.CC.CC. The van der Waals surface area contributed by atoms with Gasteiger partial charge in [0.15, 0.2) is 0 Å². The highest BCUT2D eigenvalue weighted by Gasteiger charge is 2.03. The third-order valence-corrected chi connectivity index (χ3v) is 1.70. The average molecular weight is 220 g/mol. The fourth-order valence-corrected chi connectivity index (χ4v) is 1.08. The zero-order chi connectivity index (χ0) is 13.0. The van der Waals surface area contributed by atoms with Crippen molar-refractivity contribution in [2.45, 2.75) is 41.5 Å². The van der Waals surface area contributed by atoms with E-state index in [1.165, 1.54) is 5.57 Å². The summed E-state index contributed by atoms with van der Waals surface area (Å²) in [6.45, 7) is 12.0. The number of aliphatic imine (C=N–C) groups is 1. The quantitative estimate of drug-likeness (QED) is 0.497. The van der Waals surface area contributed by atoms with Crippen molar-refractivity contribution in [3.63, 3.8) is 0 Å². The van der Waals surface area contributed by atoms with Gasteiger partial charge in [-0.15, -0.1) is 0 Å². The van der Waals surface area contributed by atoms with Crippen LogP contribution in [0.4, 0.5) is 0 Å². The molecule has 0 aromatic heterocycles. The second-order valence-corrected chi connectivity index (χ2v) is 2.61. The molecule has 2 heteroatoms. The summed E-state index contributed by atoms with van der Waals surface area (Å²) in [5.41, 5.74) is 3.11. The largest absolute Gasteiger partial charge is 0.290 e. The Kier molecular flexibility index (Phi) is 12.3. The summed E-state index contributed by atoms with van der Waals surface area (Å²) in [5.74, 6) is 0. The van der Waals surface area contributed by atoms with Crippen molar-refractivity contribution in [2.75, 3.05) is 0 Å². The van der Waals surface area contributed by atoms with Crippen molar-refractivity contribution >= 4 is 12.1 Å².